The van der Waals surface area contributed by atoms with Crippen molar-refractivity contribution in [1.29, 1.82) is 0 Å². The molecule has 0 N–H and O–H groups in total. The van der Waals surface area contributed by atoms with Gasteiger partial charge in [-0.1, -0.05) is 78.9 Å². The molecule has 0 atom stereocenters. The Morgan fingerprint density at radius 2 is 1.26 bits per heavy atom. The fourth-order valence-corrected chi connectivity index (χ4v) is 4.59. The van der Waals surface area contributed by atoms with Crippen molar-refractivity contribution >= 4 is 18.5 Å². The molecule has 2 aromatic carbocycles. The first-order valence-corrected chi connectivity index (χ1v) is 7.56. The molecule has 0 bridgehead atoms. The molecular weight excluding hydrogens is 291 g/mol. The number of benzene rings is 2. The summed E-state index contributed by atoms with van der Waals surface area (Å²) in [4.78, 5) is 0. The van der Waals surface area contributed by atoms with Crippen LogP contribution in [0.3, 0.4) is 0 Å². The summed E-state index contributed by atoms with van der Waals surface area (Å²) in [6.45, 7) is 0. The molecule has 0 heterocycles. The number of hydrogen-bond acceptors (Lipinski definition) is 0. The average Bonchev–Trinajstić information content (AvgIpc) is 2.95. The van der Waals surface area contributed by atoms with Crippen molar-refractivity contribution in [2.45, 2.75) is 6.42 Å². The summed E-state index contributed by atoms with van der Waals surface area (Å²) in [6, 6.07) is 21.7. The predicted molar refractivity (Wildman–Crippen MR) is 80.9 cm³/mol. The molecule has 1 aliphatic rings. The first-order chi connectivity index (χ1) is 8.95. The maximum Gasteiger partial charge on any atom is 0 e. The molecule has 0 radical (unpaired) electrons. The van der Waals surface area contributed by atoms with Crippen molar-refractivity contribution in [3.05, 3.63) is 84.2 Å². The Balaban J connectivity index is 0.00000133. The minimum atomic E-state index is -0.378. The minimum absolute atomic E-state index is 0. The van der Waals surface area contributed by atoms with Crippen molar-refractivity contribution in [2.75, 3.05) is 0 Å². The summed E-state index contributed by atoms with van der Waals surface area (Å²) in [5.74, 6) is 0. The van der Waals surface area contributed by atoms with Crippen molar-refractivity contribution in [3.63, 3.8) is 0 Å². The van der Waals surface area contributed by atoms with E-state index in [4.69, 9.17) is 0 Å². The van der Waals surface area contributed by atoms with Crippen LogP contribution in [0.25, 0.3) is 0 Å². The Labute approximate surface area is 126 Å². The Bertz CT molecular complexity index is 533. The minimum Gasteiger partial charge on any atom is -0.0801 e. The van der Waals surface area contributed by atoms with Crippen molar-refractivity contribution in [1.82, 2.24) is 0 Å². The van der Waals surface area contributed by atoms with Gasteiger partial charge in [0.25, 0.3) is 0 Å². The van der Waals surface area contributed by atoms with Gasteiger partial charge in [-0.05, 0) is 30.3 Å². The van der Waals surface area contributed by atoms with Crippen LogP contribution in [0, 0.1) is 0 Å². The Hall–Kier alpha value is -1.13. The van der Waals surface area contributed by atoms with Crippen LogP contribution < -0.4 is 10.6 Å². The van der Waals surface area contributed by atoms with Crippen LogP contribution >= 0.6 is 7.92 Å². The van der Waals surface area contributed by atoms with Gasteiger partial charge in [-0.3, -0.25) is 0 Å². The van der Waals surface area contributed by atoms with Crippen LogP contribution in [0.5, 0.6) is 0 Å². The van der Waals surface area contributed by atoms with Gasteiger partial charge in [0.1, 0.15) is 0 Å². The topological polar surface area (TPSA) is 0 Å². The van der Waals surface area contributed by atoms with E-state index in [0.717, 1.165) is 6.42 Å². The molecule has 0 aromatic heterocycles. The summed E-state index contributed by atoms with van der Waals surface area (Å²) in [6.07, 6.45) is 7.96. The van der Waals surface area contributed by atoms with Gasteiger partial charge in [-0.2, -0.15) is 0 Å². The molecule has 2 aromatic rings. The van der Waals surface area contributed by atoms with E-state index in [9.17, 15) is 0 Å². The smallest absolute Gasteiger partial charge is 0 e. The fourth-order valence-electron chi connectivity index (χ4n) is 2.21. The molecule has 0 aliphatic heterocycles. The van der Waals surface area contributed by atoms with E-state index in [-0.39, 0.29) is 25.0 Å². The van der Waals surface area contributed by atoms with E-state index >= 15 is 0 Å². The molecule has 0 amide bonds. The first kappa shape index (κ1) is 14.3. The Morgan fingerprint density at radius 1 is 0.737 bits per heavy atom. The molecular formula is C17H15FeP. The maximum absolute atomic E-state index is 2.35. The summed E-state index contributed by atoms with van der Waals surface area (Å²) >= 11 is 0. The zero-order valence-corrected chi connectivity index (χ0v) is 12.5. The molecule has 3 rings (SSSR count). The zero-order chi connectivity index (χ0) is 12.2. The van der Waals surface area contributed by atoms with E-state index in [0.29, 0.717) is 0 Å². The van der Waals surface area contributed by atoms with Gasteiger partial charge in [0, 0.05) is 17.1 Å². The van der Waals surface area contributed by atoms with Gasteiger partial charge in [0.05, 0.1) is 0 Å². The fraction of sp³-hybridized carbons (Fsp3) is 0.0588. The van der Waals surface area contributed by atoms with E-state index in [2.05, 4.69) is 78.9 Å². The molecule has 0 nitrogen and oxygen atoms in total. The van der Waals surface area contributed by atoms with E-state index in [1.807, 2.05) is 0 Å². The number of allylic oxidation sites excluding steroid dienone is 4. The third-order valence-electron chi connectivity index (χ3n) is 3.04. The third kappa shape index (κ3) is 3.25. The van der Waals surface area contributed by atoms with Crippen molar-refractivity contribution in [2.24, 2.45) is 0 Å². The van der Waals surface area contributed by atoms with Crippen LogP contribution in [-0.2, 0) is 17.1 Å². The standard InChI is InChI=1S/C17H15P.Fe/c1-3-9-15(10-4-1)18(17-13-7-8-14-17)16-11-5-2-6-12-16;/h1-7,9-14H,8H2;. The van der Waals surface area contributed by atoms with Gasteiger partial charge in [-0.15, -0.1) is 0 Å². The second-order valence-electron chi connectivity index (χ2n) is 4.27. The molecule has 96 valence electrons. The van der Waals surface area contributed by atoms with Crippen LogP contribution in [0.1, 0.15) is 6.42 Å². The number of rotatable bonds is 3. The second-order valence-corrected chi connectivity index (χ2v) is 6.49. The van der Waals surface area contributed by atoms with Crippen LogP contribution in [0.2, 0.25) is 0 Å². The van der Waals surface area contributed by atoms with Crippen LogP contribution in [0.15, 0.2) is 84.2 Å². The Kier molecular flexibility index (Phi) is 5.16. The van der Waals surface area contributed by atoms with Gasteiger partial charge in [0.2, 0.25) is 0 Å². The van der Waals surface area contributed by atoms with Gasteiger partial charge in [-0.25, -0.2) is 0 Å². The number of hydrogen-bond donors (Lipinski definition) is 0. The molecule has 19 heavy (non-hydrogen) atoms. The molecule has 0 saturated carbocycles. The molecule has 0 unspecified atom stereocenters. The summed E-state index contributed by atoms with van der Waals surface area (Å²) in [7, 11) is -0.378. The molecule has 0 fully saturated rings. The molecule has 0 saturated heterocycles. The predicted octanol–water partition coefficient (Wildman–Crippen LogP) is 3.96. The van der Waals surface area contributed by atoms with Crippen LogP contribution in [0.4, 0.5) is 0 Å². The van der Waals surface area contributed by atoms with Crippen LogP contribution in [-0.4, -0.2) is 0 Å². The molecule has 1 aliphatic carbocycles. The Morgan fingerprint density at radius 3 is 1.68 bits per heavy atom. The van der Waals surface area contributed by atoms with Crippen molar-refractivity contribution in [3.8, 4) is 0 Å². The monoisotopic (exact) mass is 306 g/mol. The van der Waals surface area contributed by atoms with E-state index < -0.39 is 0 Å². The maximum atomic E-state index is 2.35. The second kappa shape index (κ2) is 6.87. The van der Waals surface area contributed by atoms with E-state index in [1.165, 1.54) is 15.9 Å². The summed E-state index contributed by atoms with van der Waals surface area (Å²) in [5, 5.41) is 4.33. The van der Waals surface area contributed by atoms with Gasteiger partial charge in [0.15, 0.2) is 0 Å². The normalized spacial score (nSPS) is 13.2. The SMILES string of the molecule is C1=CC(P(c2ccccc2)c2ccccc2)=CC1.[Fe]. The molecule has 0 spiro atoms. The van der Waals surface area contributed by atoms with Gasteiger partial charge < -0.3 is 0 Å². The quantitative estimate of drug-likeness (QED) is 0.595. The van der Waals surface area contributed by atoms with E-state index in [1.54, 1.807) is 0 Å². The average molecular weight is 306 g/mol. The van der Waals surface area contributed by atoms with Gasteiger partial charge >= 0.3 is 0 Å². The van der Waals surface area contributed by atoms with Crippen molar-refractivity contribution < 1.29 is 17.1 Å². The third-order valence-corrected chi connectivity index (χ3v) is 5.52. The summed E-state index contributed by atoms with van der Waals surface area (Å²) in [5.41, 5.74) is 0. The summed E-state index contributed by atoms with van der Waals surface area (Å²) < 4.78 is 0. The molecule has 2 heteroatoms. The first-order valence-electron chi connectivity index (χ1n) is 6.22. The zero-order valence-electron chi connectivity index (χ0n) is 10.5. The largest absolute Gasteiger partial charge is 0.0801 e.